The number of benzene rings is 1. The van der Waals surface area contributed by atoms with Crippen molar-refractivity contribution < 1.29 is 14.3 Å². The zero-order chi connectivity index (χ0) is 19.6. The van der Waals surface area contributed by atoms with Gasteiger partial charge in [0.1, 0.15) is 11.5 Å². The molecule has 1 aromatic heterocycles. The molecule has 0 spiro atoms. The Bertz CT molecular complexity index is 717. The fourth-order valence-corrected chi connectivity index (χ4v) is 2.24. The molecule has 0 aliphatic carbocycles. The molecule has 0 aliphatic rings. The van der Waals surface area contributed by atoms with Crippen LogP contribution in [0.5, 0.6) is 17.4 Å². The minimum absolute atomic E-state index is 0.0292. The Labute approximate surface area is 161 Å². The van der Waals surface area contributed by atoms with Crippen molar-refractivity contribution in [1.29, 1.82) is 0 Å². The fourth-order valence-electron chi connectivity index (χ4n) is 2.24. The number of nitrogens with one attached hydrogen (secondary N) is 1. The van der Waals surface area contributed by atoms with Gasteiger partial charge in [0.15, 0.2) is 0 Å². The summed E-state index contributed by atoms with van der Waals surface area (Å²) < 4.78 is 11.5. The Hall–Kier alpha value is -2.60. The van der Waals surface area contributed by atoms with Gasteiger partial charge in [0, 0.05) is 24.3 Å². The van der Waals surface area contributed by atoms with E-state index in [0.29, 0.717) is 37.4 Å². The Balaban J connectivity index is 1.96. The van der Waals surface area contributed by atoms with Gasteiger partial charge < -0.3 is 14.8 Å². The lowest BCUT2D eigenvalue weighted by Gasteiger charge is -2.20. The van der Waals surface area contributed by atoms with Crippen LogP contribution in [0.3, 0.4) is 0 Å². The van der Waals surface area contributed by atoms with Crippen molar-refractivity contribution in [3.63, 3.8) is 0 Å². The van der Waals surface area contributed by atoms with E-state index in [0.717, 1.165) is 17.7 Å². The lowest BCUT2D eigenvalue weighted by atomic mass is 10.2. The molecule has 1 N–H and O–H groups in total. The number of hydrogen-bond acceptors (Lipinski definition) is 5. The van der Waals surface area contributed by atoms with E-state index in [4.69, 9.17) is 9.47 Å². The van der Waals surface area contributed by atoms with Gasteiger partial charge in [-0.25, -0.2) is 4.98 Å². The number of carbonyl (C=O) groups is 1. The number of hydrogen-bond donors (Lipinski definition) is 1. The summed E-state index contributed by atoms with van der Waals surface area (Å²) in [6.07, 6.45) is 2.64. The van der Waals surface area contributed by atoms with Crippen LogP contribution in [-0.2, 0) is 11.3 Å². The van der Waals surface area contributed by atoms with Crippen LogP contribution in [0.15, 0.2) is 42.6 Å². The molecule has 1 aromatic carbocycles. The van der Waals surface area contributed by atoms with E-state index in [2.05, 4.69) is 31.1 Å². The van der Waals surface area contributed by atoms with Crippen molar-refractivity contribution in [1.82, 2.24) is 15.2 Å². The topological polar surface area (TPSA) is 63.7 Å². The summed E-state index contributed by atoms with van der Waals surface area (Å²) in [5.74, 6) is 1.94. The van der Waals surface area contributed by atoms with Gasteiger partial charge in [-0.15, -0.1) is 0 Å². The van der Waals surface area contributed by atoms with Crippen LogP contribution in [0.2, 0.25) is 0 Å². The van der Waals surface area contributed by atoms with Crippen LogP contribution in [0.1, 0.15) is 32.8 Å². The molecule has 6 heteroatoms. The summed E-state index contributed by atoms with van der Waals surface area (Å²) in [6.45, 7) is 7.59. The smallest absolute Gasteiger partial charge is 0.234 e. The highest BCUT2D eigenvalue weighted by Crippen LogP contribution is 2.25. The van der Waals surface area contributed by atoms with Crippen molar-refractivity contribution in [3.05, 3.63) is 48.2 Å². The average Bonchev–Trinajstić information content (AvgIpc) is 2.66. The third kappa shape index (κ3) is 6.90. The predicted molar refractivity (Wildman–Crippen MR) is 106 cm³/mol. The minimum atomic E-state index is -0.0292. The first-order valence-corrected chi connectivity index (χ1v) is 9.31. The summed E-state index contributed by atoms with van der Waals surface area (Å²) in [6, 6.07) is 11.5. The molecule has 146 valence electrons. The van der Waals surface area contributed by atoms with Crippen LogP contribution in [-0.4, -0.2) is 42.0 Å². The van der Waals surface area contributed by atoms with Crippen molar-refractivity contribution in [2.45, 2.75) is 39.8 Å². The van der Waals surface area contributed by atoms with Gasteiger partial charge in [-0.1, -0.05) is 13.0 Å². The lowest BCUT2D eigenvalue weighted by Crippen LogP contribution is -2.38. The number of rotatable bonds is 10. The summed E-state index contributed by atoms with van der Waals surface area (Å²) >= 11 is 0. The van der Waals surface area contributed by atoms with Gasteiger partial charge in [-0.05, 0) is 57.6 Å². The summed E-state index contributed by atoms with van der Waals surface area (Å²) in [7, 11) is 1.93. The van der Waals surface area contributed by atoms with Crippen LogP contribution in [0.25, 0.3) is 0 Å². The maximum absolute atomic E-state index is 12.1. The maximum Gasteiger partial charge on any atom is 0.234 e. The lowest BCUT2D eigenvalue weighted by molar-refractivity contribution is -0.122. The average molecular weight is 371 g/mol. The summed E-state index contributed by atoms with van der Waals surface area (Å²) in [4.78, 5) is 18.4. The first-order chi connectivity index (χ1) is 13.0. The summed E-state index contributed by atoms with van der Waals surface area (Å²) in [5, 5.41) is 2.92. The SMILES string of the molecule is CCCOc1ccc(Oc2ncccc2CNC(=O)CN(C)C(C)C)cc1. The molecule has 27 heavy (non-hydrogen) atoms. The predicted octanol–water partition coefficient (Wildman–Crippen LogP) is 3.62. The highest BCUT2D eigenvalue weighted by Gasteiger charge is 2.11. The molecule has 0 bridgehead atoms. The third-order valence-corrected chi connectivity index (χ3v) is 4.11. The number of nitrogens with zero attached hydrogens (tertiary/aromatic N) is 2. The van der Waals surface area contributed by atoms with Crippen LogP contribution in [0.4, 0.5) is 0 Å². The molecule has 1 amide bonds. The molecule has 1 heterocycles. The van der Waals surface area contributed by atoms with Gasteiger partial charge in [0.05, 0.1) is 13.2 Å². The van der Waals surface area contributed by atoms with Gasteiger partial charge in [-0.3, -0.25) is 9.69 Å². The number of ether oxygens (including phenoxy) is 2. The van der Waals surface area contributed by atoms with Crippen LogP contribution < -0.4 is 14.8 Å². The van der Waals surface area contributed by atoms with Crippen molar-refractivity contribution in [2.75, 3.05) is 20.2 Å². The van der Waals surface area contributed by atoms with Gasteiger partial charge >= 0.3 is 0 Å². The molecule has 0 saturated heterocycles. The number of pyridine rings is 1. The molecule has 0 saturated carbocycles. The molecule has 6 nitrogen and oxygen atoms in total. The fraction of sp³-hybridized carbons (Fsp3) is 0.429. The first kappa shape index (κ1) is 20.7. The molecular formula is C21H29N3O3. The first-order valence-electron chi connectivity index (χ1n) is 9.31. The van der Waals surface area contributed by atoms with E-state index < -0.39 is 0 Å². The molecule has 0 radical (unpaired) electrons. The largest absolute Gasteiger partial charge is 0.494 e. The molecule has 2 rings (SSSR count). The van der Waals surface area contributed by atoms with Crippen molar-refractivity contribution in [2.24, 2.45) is 0 Å². The number of amides is 1. The van der Waals surface area contributed by atoms with Crippen molar-refractivity contribution in [3.8, 4) is 17.4 Å². The highest BCUT2D eigenvalue weighted by atomic mass is 16.5. The van der Waals surface area contributed by atoms with Crippen LogP contribution >= 0.6 is 0 Å². The Morgan fingerprint density at radius 3 is 2.56 bits per heavy atom. The normalized spacial score (nSPS) is 10.9. The maximum atomic E-state index is 12.1. The van der Waals surface area contributed by atoms with Gasteiger partial charge in [-0.2, -0.15) is 0 Å². The molecule has 0 fully saturated rings. The standard InChI is InChI=1S/C21H29N3O3/c1-5-13-26-18-8-10-19(11-9-18)27-21-17(7-6-12-22-21)14-23-20(25)15-24(4)16(2)3/h6-12,16H,5,13-15H2,1-4H3,(H,23,25). The third-order valence-electron chi connectivity index (χ3n) is 4.11. The van der Waals surface area contributed by atoms with Gasteiger partial charge in [0.25, 0.3) is 0 Å². The Morgan fingerprint density at radius 1 is 1.19 bits per heavy atom. The zero-order valence-corrected chi connectivity index (χ0v) is 16.6. The van der Waals surface area contributed by atoms with E-state index >= 15 is 0 Å². The van der Waals surface area contributed by atoms with E-state index in [9.17, 15) is 4.79 Å². The van der Waals surface area contributed by atoms with E-state index in [1.807, 2.05) is 48.3 Å². The van der Waals surface area contributed by atoms with Crippen LogP contribution in [0, 0.1) is 0 Å². The van der Waals surface area contributed by atoms with E-state index in [1.165, 1.54) is 0 Å². The molecule has 0 unspecified atom stereocenters. The zero-order valence-electron chi connectivity index (χ0n) is 16.6. The van der Waals surface area contributed by atoms with Crippen molar-refractivity contribution >= 4 is 5.91 Å². The molecular weight excluding hydrogens is 342 g/mol. The van der Waals surface area contributed by atoms with E-state index in [1.54, 1.807) is 6.20 Å². The number of carbonyl (C=O) groups excluding carboxylic acids is 1. The minimum Gasteiger partial charge on any atom is -0.494 e. The number of likely N-dealkylation sites (N-methyl/N-ethyl adjacent to an activating group) is 1. The molecule has 2 aromatic rings. The van der Waals surface area contributed by atoms with E-state index in [-0.39, 0.29) is 5.91 Å². The summed E-state index contributed by atoms with van der Waals surface area (Å²) in [5.41, 5.74) is 0.823. The quantitative estimate of drug-likeness (QED) is 0.691. The molecule has 0 atom stereocenters. The second kappa shape index (κ2) is 10.5. The second-order valence-electron chi connectivity index (χ2n) is 6.68. The molecule has 0 aliphatic heterocycles. The Kier molecular flexibility index (Phi) is 8.07. The number of aromatic nitrogens is 1. The van der Waals surface area contributed by atoms with Gasteiger partial charge in [0.2, 0.25) is 11.8 Å². The second-order valence-corrected chi connectivity index (χ2v) is 6.68. The Morgan fingerprint density at radius 2 is 1.89 bits per heavy atom. The highest BCUT2D eigenvalue weighted by molar-refractivity contribution is 5.78. The monoisotopic (exact) mass is 371 g/mol.